The predicted molar refractivity (Wildman–Crippen MR) is 109 cm³/mol. The monoisotopic (exact) mass is 453 g/mol. The number of alkyl halides is 3. The highest BCUT2D eigenvalue weighted by atomic mass is 32.2. The quantitative estimate of drug-likeness (QED) is 0.717. The fourth-order valence-electron chi connectivity index (χ4n) is 3.88. The van der Waals surface area contributed by atoms with E-state index in [1.54, 1.807) is 24.3 Å². The molecule has 0 bridgehead atoms. The zero-order valence-electron chi connectivity index (χ0n) is 16.6. The summed E-state index contributed by atoms with van der Waals surface area (Å²) in [5, 5.41) is 2.82. The maximum absolute atomic E-state index is 13.0. The van der Waals surface area contributed by atoms with Crippen LogP contribution in [0, 0.1) is 0 Å². The molecule has 2 N–H and O–H groups in total. The van der Waals surface area contributed by atoms with Crippen LogP contribution in [0.15, 0.2) is 47.4 Å². The normalized spacial score (nSPS) is 21.0. The molecular weight excluding hydrogens is 431 g/mol. The van der Waals surface area contributed by atoms with Crippen LogP contribution in [-0.4, -0.2) is 32.3 Å². The Morgan fingerprint density at radius 3 is 2.23 bits per heavy atom. The van der Waals surface area contributed by atoms with Crippen molar-refractivity contribution in [2.45, 2.75) is 42.9 Å². The van der Waals surface area contributed by atoms with Crippen molar-refractivity contribution in [2.24, 2.45) is 0 Å². The fourth-order valence-corrected chi connectivity index (χ4v) is 5.17. The van der Waals surface area contributed by atoms with Crippen molar-refractivity contribution in [2.75, 3.05) is 18.4 Å². The van der Waals surface area contributed by atoms with Crippen molar-refractivity contribution in [3.63, 3.8) is 0 Å². The molecule has 10 heteroatoms. The Bertz CT molecular complexity index is 1080. The molecule has 31 heavy (non-hydrogen) atoms. The van der Waals surface area contributed by atoms with Crippen LogP contribution in [-0.2, 0) is 16.2 Å². The van der Waals surface area contributed by atoms with E-state index in [2.05, 4.69) is 10.0 Å². The second kappa shape index (κ2) is 8.16. The minimum absolute atomic E-state index is 0.0780. The lowest BCUT2D eigenvalue weighted by Crippen LogP contribution is -2.38. The number of fused-ring (bicyclic) bond motifs is 1. The van der Waals surface area contributed by atoms with Crippen LogP contribution in [0.25, 0.3) is 0 Å². The number of benzene rings is 2. The van der Waals surface area contributed by atoms with Gasteiger partial charge in [0.15, 0.2) is 0 Å². The Balaban J connectivity index is 1.57. The van der Waals surface area contributed by atoms with Crippen LogP contribution in [0.4, 0.5) is 18.9 Å². The molecule has 166 valence electrons. The van der Waals surface area contributed by atoms with Gasteiger partial charge < -0.3 is 10.2 Å². The second-order valence-corrected chi connectivity index (χ2v) is 9.42. The van der Waals surface area contributed by atoms with Gasteiger partial charge in [-0.2, -0.15) is 17.9 Å². The molecule has 6 nitrogen and oxygen atoms in total. The third kappa shape index (κ3) is 4.54. The van der Waals surface area contributed by atoms with Gasteiger partial charge in [0.25, 0.3) is 5.91 Å². The van der Waals surface area contributed by atoms with Crippen molar-refractivity contribution >= 4 is 21.6 Å². The van der Waals surface area contributed by atoms with Crippen LogP contribution in [0.3, 0.4) is 0 Å². The molecule has 1 saturated heterocycles. The number of nitrogens with zero attached hydrogens (tertiary/aromatic N) is 1. The van der Waals surface area contributed by atoms with Gasteiger partial charge in [-0.15, -0.1) is 0 Å². The van der Waals surface area contributed by atoms with Gasteiger partial charge in [0.05, 0.1) is 11.3 Å². The van der Waals surface area contributed by atoms with Crippen LogP contribution in [0.5, 0.6) is 0 Å². The smallest absolute Gasteiger partial charge is 0.364 e. The van der Waals surface area contributed by atoms with Gasteiger partial charge in [-0.3, -0.25) is 4.79 Å². The number of nitrogens with one attached hydrogen (secondary N) is 2. The highest BCUT2D eigenvalue weighted by molar-refractivity contribution is 7.89. The fraction of sp³-hybridized carbons (Fsp3) is 0.381. The van der Waals surface area contributed by atoms with Crippen LogP contribution in [0.2, 0.25) is 0 Å². The van der Waals surface area contributed by atoms with E-state index in [0.29, 0.717) is 24.2 Å². The highest BCUT2D eigenvalue weighted by Gasteiger charge is 2.35. The van der Waals surface area contributed by atoms with Crippen LogP contribution in [0.1, 0.15) is 53.3 Å². The summed E-state index contributed by atoms with van der Waals surface area (Å²) in [6.07, 6.45) is -1.39. The highest BCUT2D eigenvalue weighted by Crippen LogP contribution is 2.37. The van der Waals surface area contributed by atoms with E-state index < -0.39 is 27.9 Å². The van der Waals surface area contributed by atoms with E-state index in [1.807, 2.05) is 4.90 Å². The number of halogens is 3. The van der Waals surface area contributed by atoms with Crippen molar-refractivity contribution in [1.29, 1.82) is 0 Å². The molecular formula is C21H22F3N3O3S. The Labute approximate surface area is 178 Å². The molecule has 1 unspecified atom stereocenters. The van der Waals surface area contributed by atoms with Crippen molar-refractivity contribution in [3.05, 3.63) is 59.2 Å². The third-order valence-corrected chi connectivity index (χ3v) is 7.03. The Morgan fingerprint density at radius 1 is 0.968 bits per heavy atom. The molecule has 2 aromatic carbocycles. The summed E-state index contributed by atoms with van der Waals surface area (Å²) in [5.41, 5.74) is -0.0839. The number of carbonyl (C=O) groups is 1. The molecule has 2 aliphatic rings. The van der Waals surface area contributed by atoms with E-state index in [1.165, 1.54) is 0 Å². The molecule has 0 radical (unpaired) electrons. The number of carbonyl (C=O) groups excluding carboxylic acids is 1. The van der Waals surface area contributed by atoms with E-state index in [9.17, 15) is 26.4 Å². The largest absolute Gasteiger partial charge is 0.416 e. The SMILES string of the molecule is O=C(c1ccc(C2Nc3cc(C(F)(F)F)ccc3S(=O)(=O)N2)cc1)N1CCCCCC1. The second-order valence-electron chi connectivity index (χ2n) is 7.74. The number of amides is 1. The summed E-state index contributed by atoms with van der Waals surface area (Å²) >= 11 is 0. The Hall–Kier alpha value is -2.59. The zero-order chi connectivity index (χ0) is 22.2. The number of anilines is 1. The number of hydrogen-bond donors (Lipinski definition) is 2. The van der Waals surface area contributed by atoms with Crippen molar-refractivity contribution in [3.8, 4) is 0 Å². The van der Waals surface area contributed by atoms with Gasteiger partial charge in [-0.1, -0.05) is 25.0 Å². The molecule has 2 aliphatic heterocycles. The summed E-state index contributed by atoms with van der Waals surface area (Å²) in [6, 6.07) is 8.89. The number of likely N-dealkylation sites (tertiary alicyclic amines) is 1. The van der Waals surface area contributed by atoms with Crippen LogP contribution >= 0.6 is 0 Å². The van der Waals surface area contributed by atoms with E-state index in [0.717, 1.165) is 43.9 Å². The number of hydrogen-bond acceptors (Lipinski definition) is 4. The topological polar surface area (TPSA) is 78.5 Å². The van der Waals surface area contributed by atoms with Crippen molar-refractivity contribution in [1.82, 2.24) is 9.62 Å². The molecule has 4 rings (SSSR count). The first-order valence-electron chi connectivity index (χ1n) is 10.0. The zero-order valence-corrected chi connectivity index (χ0v) is 17.4. The lowest BCUT2D eigenvalue weighted by atomic mass is 10.1. The van der Waals surface area contributed by atoms with Gasteiger partial charge >= 0.3 is 6.18 Å². The molecule has 1 amide bonds. The number of rotatable bonds is 2. The lowest BCUT2D eigenvalue weighted by Gasteiger charge is -2.29. The summed E-state index contributed by atoms with van der Waals surface area (Å²) in [7, 11) is -4.00. The van der Waals surface area contributed by atoms with Crippen LogP contribution < -0.4 is 10.0 Å². The lowest BCUT2D eigenvalue weighted by molar-refractivity contribution is -0.137. The summed E-state index contributed by atoms with van der Waals surface area (Å²) in [6.45, 7) is 1.42. The molecule has 1 atom stereocenters. The number of sulfonamides is 1. The Morgan fingerprint density at radius 2 is 1.61 bits per heavy atom. The van der Waals surface area contributed by atoms with E-state index in [-0.39, 0.29) is 16.5 Å². The maximum Gasteiger partial charge on any atom is 0.416 e. The van der Waals surface area contributed by atoms with Crippen molar-refractivity contribution < 1.29 is 26.4 Å². The average molecular weight is 453 g/mol. The van der Waals surface area contributed by atoms with Gasteiger partial charge in [0.1, 0.15) is 11.1 Å². The summed E-state index contributed by atoms with van der Waals surface area (Å²) in [5.74, 6) is -0.0780. The molecule has 0 saturated carbocycles. The van der Waals surface area contributed by atoms with Gasteiger partial charge in [-0.25, -0.2) is 8.42 Å². The molecule has 0 spiro atoms. The third-order valence-electron chi connectivity index (χ3n) is 5.55. The minimum atomic E-state index is -4.59. The van der Waals surface area contributed by atoms with Gasteiger partial charge in [0.2, 0.25) is 10.0 Å². The summed E-state index contributed by atoms with van der Waals surface area (Å²) < 4.78 is 66.6. The van der Waals surface area contributed by atoms with Gasteiger partial charge in [0, 0.05) is 18.7 Å². The van der Waals surface area contributed by atoms with E-state index >= 15 is 0 Å². The Kier molecular flexibility index (Phi) is 5.69. The first kappa shape index (κ1) is 21.6. The average Bonchev–Trinajstić information content (AvgIpc) is 3.01. The standard InChI is InChI=1S/C21H22F3N3O3S/c22-21(23,24)16-9-10-18-17(13-16)25-19(26-31(18,29)30)14-5-7-15(8-6-14)20(28)27-11-3-1-2-4-12-27/h5-10,13,19,25-26H,1-4,11-12H2. The summed E-state index contributed by atoms with van der Waals surface area (Å²) in [4.78, 5) is 14.3. The molecule has 0 aromatic heterocycles. The van der Waals surface area contributed by atoms with Gasteiger partial charge in [-0.05, 0) is 48.7 Å². The maximum atomic E-state index is 13.0. The first-order valence-corrected chi connectivity index (χ1v) is 11.5. The first-order chi connectivity index (χ1) is 14.6. The molecule has 2 heterocycles. The molecule has 0 aliphatic carbocycles. The van der Waals surface area contributed by atoms with E-state index in [4.69, 9.17) is 0 Å². The molecule has 1 fully saturated rings. The molecule has 2 aromatic rings. The minimum Gasteiger partial charge on any atom is -0.364 e. The predicted octanol–water partition coefficient (Wildman–Crippen LogP) is 4.12.